The topological polar surface area (TPSA) is 64.3 Å². The van der Waals surface area contributed by atoms with E-state index in [-0.39, 0.29) is 23.7 Å². The molecule has 3 rings (SSSR count). The van der Waals surface area contributed by atoms with Crippen LogP contribution in [0.3, 0.4) is 0 Å². The molecule has 25 heavy (non-hydrogen) atoms. The molecule has 0 radical (unpaired) electrons. The minimum atomic E-state index is -1.07. The number of piperidine rings is 1. The summed E-state index contributed by atoms with van der Waals surface area (Å²) < 4.78 is 0. The van der Waals surface area contributed by atoms with Gasteiger partial charge in [-0.25, -0.2) is 0 Å². The number of rotatable bonds is 3. The Kier molecular flexibility index (Phi) is 4.71. The van der Waals surface area contributed by atoms with Crippen molar-refractivity contribution in [2.75, 3.05) is 0 Å². The van der Waals surface area contributed by atoms with E-state index in [1.807, 2.05) is 36.4 Å². The Labute approximate surface area is 149 Å². The van der Waals surface area contributed by atoms with Crippen molar-refractivity contribution >= 4 is 5.91 Å². The predicted octanol–water partition coefficient (Wildman–Crippen LogP) is 3.49. The third-order valence-electron chi connectivity index (χ3n) is 5.82. The van der Waals surface area contributed by atoms with Crippen molar-refractivity contribution in [3.8, 4) is 6.07 Å². The van der Waals surface area contributed by atoms with Gasteiger partial charge in [-0.2, -0.15) is 5.26 Å². The van der Waals surface area contributed by atoms with Crippen LogP contribution < -0.4 is 0 Å². The van der Waals surface area contributed by atoms with Crippen molar-refractivity contribution in [2.45, 2.75) is 46.4 Å². The van der Waals surface area contributed by atoms with E-state index in [1.54, 1.807) is 0 Å². The molecule has 2 aliphatic rings. The summed E-state index contributed by atoms with van der Waals surface area (Å²) in [6.07, 6.45) is 2.38. The summed E-state index contributed by atoms with van der Waals surface area (Å²) in [5.41, 5.74) is 1.11. The van der Waals surface area contributed by atoms with Gasteiger partial charge in [-0.3, -0.25) is 4.79 Å². The van der Waals surface area contributed by atoms with Crippen LogP contribution >= 0.6 is 0 Å². The van der Waals surface area contributed by atoms with Gasteiger partial charge in [-0.05, 0) is 30.7 Å². The highest BCUT2D eigenvalue weighted by Gasteiger charge is 2.59. The van der Waals surface area contributed by atoms with Gasteiger partial charge in [-0.15, -0.1) is 0 Å². The molecule has 1 aliphatic carbocycles. The van der Waals surface area contributed by atoms with Gasteiger partial charge in [-0.1, -0.05) is 55.8 Å². The highest BCUT2D eigenvalue weighted by atomic mass is 16.3. The molecule has 0 unspecified atom stereocenters. The normalized spacial score (nSPS) is 32.2. The molecule has 1 fully saturated rings. The van der Waals surface area contributed by atoms with Crippen molar-refractivity contribution in [1.82, 2.24) is 4.90 Å². The number of hydrogen-bond donors (Lipinski definition) is 1. The fourth-order valence-corrected chi connectivity index (χ4v) is 4.56. The number of nitrogens with zero attached hydrogens (tertiary/aromatic N) is 2. The zero-order valence-corrected chi connectivity index (χ0v) is 15.1. The van der Waals surface area contributed by atoms with E-state index in [2.05, 4.69) is 26.8 Å². The number of carbonyl (C=O) groups excluding carboxylic acids is 1. The van der Waals surface area contributed by atoms with Crippen LogP contribution in [0.5, 0.6) is 0 Å². The lowest BCUT2D eigenvalue weighted by Crippen LogP contribution is -2.61. The Morgan fingerprint density at radius 3 is 2.64 bits per heavy atom. The van der Waals surface area contributed by atoms with E-state index in [0.717, 1.165) is 12.0 Å². The van der Waals surface area contributed by atoms with Gasteiger partial charge >= 0.3 is 0 Å². The number of nitriles is 1. The van der Waals surface area contributed by atoms with Crippen LogP contribution in [0.1, 0.15) is 39.2 Å². The second kappa shape index (κ2) is 6.65. The highest BCUT2D eigenvalue weighted by Crippen LogP contribution is 2.53. The Morgan fingerprint density at radius 2 is 2.04 bits per heavy atom. The number of carbonyl (C=O) groups is 1. The zero-order valence-electron chi connectivity index (χ0n) is 15.1. The minimum absolute atomic E-state index is 0.0224. The van der Waals surface area contributed by atoms with Gasteiger partial charge in [0.25, 0.3) is 0 Å². The largest absolute Gasteiger partial charge is 0.373 e. The zero-order chi connectivity index (χ0) is 18.2. The van der Waals surface area contributed by atoms with E-state index < -0.39 is 11.6 Å². The average Bonchev–Trinajstić information content (AvgIpc) is 2.59. The molecule has 1 aromatic carbocycles. The fraction of sp³-hybridized carbons (Fsp3) is 0.524. The third-order valence-corrected chi connectivity index (χ3v) is 5.82. The molecular formula is C21H26N2O2. The molecule has 4 heteroatoms. The molecule has 4 nitrogen and oxygen atoms in total. The minimum Gasteiger partial charge on any atom is -0.373 e. The number of aliphatic hydroxyl groups is 1. The molecule has 1 heterocycles. The van der Waals surface area contributed by atoms with Crippen LogP contribution in [0.25, 0.3) is 0 Å². The number of fused-ring (bicyclic) bond motifs is 1. The van der Waals surface area contributed by atoms with Crippen LogP contribution in [0, 0.1) is 34.5 Å². The maximum Gasteiger partial charge on any atom is 0.246 e. The van der Waals surface area contributed by atoms with E-state index in [0.29, 0.717) is 13.0 Å². The Balaban J connectivity index is 2.01. The SMILES string of the molecule is CC1=C[C@@H]2C[C@H](O)N(Cc3ccccc3)C(=O)[C@@]2(C#N)[C@H](C(C)C)C1. The van der Waals surface area contributed by atoms with Gasteiger partial charge in [0.15, 0.2) is 0 Å². The average molecular weight is 338 g/mol. The second-order valence-electron chi connectivity index (χ2n) is 7.79. The first kappa shape index (κ1) is 17.7. The van der Waals surface area contributed by atoms with Gasteiger partial charge in [0.2, 0.25) is 5.91 Å². The number of allylic oxidation sites excluding steroid dienone is 2. The highest BCUT2D eigenvalue weighted by molar-refractivity contribution is 5.88. The van der Waals surface area contributed by atoms with Gasteiger partial charge in [0.1, 0.15) is 11.6 Å². The molecule has 1 aromatic rings. The lowest BCUT2D eigenvalue weighted by molar-refractivity contribution is -0.170. The van der Waals surface area contributed by atoms with Crippen LogP contribution in [0.4, 0.5) is 0 Å². The number of likely N-dealkylation sites (tertiary alicyclic amines) is 1. The lowest BCUT2D eigenvalue weighted by atomic mass is 9.55. The first-order valence-electron chi connectivity index (χ1n) is 9.01. The number of amides is 1. The van der Waals surface area contributed by atoms with Crippen molar-refractivity contribution in [3.05, 3.63) is 47.5 Å². The van der Waals surface area contributed by atoms with E-state index in [4.69, 9.17) is 0 Å². The van der Waals surface area contributed by atoms with Gasteiger partial charge in [0, 0.05) is 18.9 Å². The summed E-state index contributed by atoms with van der Waals surface area (Å²) in [5, 5.41) is 20.7. The van der Waals surface area contributed by atoms with E-state index >= 15 is 0 Å². The van der Waals surface area contributed by atoms with Crippen LogP contribution in [0.2, 0.25) is 0 Å². The molecule has 132 valence electrons. The summed E-state index contributed by atoms with van der Waals surface area (Å²) in [7, 11) is 0. The van der Waals surface area contributed by atoms with Crippen molar-refractivity contribution < 1.29 is 9.90 Å². The molecule has 0 bridgehead atoms. The Hall–Kier alpha value is -2.12. The van der Waals surface area contributed by atoms with Gasteiger partial charge < -0.3 is 10.0 Å². The Morgan fingerprint density at radius 1 is 1.36 bits per heavy atom. The molecule has 1 saturated heterocycles. The maximum absolute atomic E-state index is 13.5. The summed E-state index contributed by atoms with van der Waals surface area (Å²) in [5.74, 6) is -0.229. The van der Waals surface area contributed by atoms with E-state index in [9.17, 15) is 15.2 Å². The van der Waals surface area contributed by atoms with Crippen molar-refractivity contribution in [1.29, 1.82) is 5.26 Å². The first-order valence-corrected chi connectivity index (χ1v) is 9.01. The maximum atomic E-state index is 13.5. The van der Waals surface area contributed by atoms with E-state index in [1.165, 1.54) is 10.5 Å². The third kappa shape index (κ3) is 2.87. The summed E-state index contributed by atoms with van der Waals surface area (Å²) in [6, 6.07) is 12.1. The molecule has 0 spiro atoms. The van der Waals surface area contributed by atoms with Crippen molar-refractivity contribution in [2.24, 2.45) is 23.2 Å². The fourth-order valence-electron chi connectivity index (χ4n) is 4.56. The monoisotopic (exact) mass is 338 g/mol. The first-order chi connectivity index (χ1) is 11.9. The molecule has 1 amide bonds. The van der Waals surface area contributed by atoms with Gasteiger partial charge in [0.05, 0.1) is 6.07 Å². The Bertz CT molecular complexity index is 719. The number of aliphatic hydroxyl groups excluding tert-OH is 1. The van der Waals surface area contributed by atoms with Crippen molar-refractivity contribution in [3.63, 3.8) is 0 Å². The van der Waals surface area contributed by atoms with Crippen LogP contribution in [-0.2, 0) is 11.3 Å². The number of benzene rings is 1. The quantitative estimate of drug-likeness (QED) is 0.858. The summed E-state index contributed by atoms with van der Waals surface area (Å²) in [6.45, 7) is 6.56. The summed E-state index contributed by atoms with van der Waals surface area (Å²) in [4.78, 5) is 15.0. The number of hydrogen-bond acceptors (Lipinski definition) is 3. The smallest absolute Gasteiger partial charge is 0.246 e. The molecule has 1 N–H and O–H groups in total. The second-order valence-corrected chi connectivity index (χ2v) is 7.79. The van der Waals surface area contributed by atoms with Crippen LogP contribution in [-0.4, -0.2) is 22.1 Å². The molecule has 0 saturated carbocycles. The predicted molar refractivity (Wildman–Crippen MR) is 95.9 cm³/mol. The lowest BCUT2D eigenvalue weighted by Gasteiger charge is -2.51. The summed E-state index contributed by atoms with van der Waals surface area (Å²) >= 11 is 0. The molecule has 0 aromatic heterocycles. The van der Waals surface area contributed by atoms with Crippen LogP contribution in [0.15, 0.2) is 42.0 Å². The molecule has 4 atom stereocenters. The molecular weight excluding hydrogens is 312 g/mol. The standard InChI is InChI=1S/C21H26N2O2/c1-14(2)18-10-15(3)9-17-11-19(24)23(20(25)21(17,18)13-22)12-16-7-5-4-6-8-16/h4-9,14,17-19,24H,10-12H2,1-3H3/t17-,18+,19+,21-/m1/s1. The molecule has 1 aliphatic heterocycles.